The number of halogens is 1. The highest BCUT2D eigenvalue weighted by Crippen LogP contribution is 2.45. The van der Waals surface area contributed by atoms with Crippen molar-refractivity contribution >= 4 is 27.7 Å². The Balaban J connectivity index is 2.49. The Morgan fingerprint density at radius 3 is 2.76 bits per heavy atom. The first kappa shape index (κ1) is 13.2. The molecule has 1 aromatic carbocycles. The molecule has 1 aliphatic rings. The molecule has 1 aliphatic heterocycles. The molecule has 0 aromatic heterocycles. The maximum atomic E-state index is 6.42. The van der Waals surface area contributed by atoms with Gasteiger partial charge in [-0.2, -0.15) is 11.8 Å². The minimum absolute atomic E-state index is 0.0520. The fourth-order valence-electron chi connectivity index (χ4n) is 2.36. The lowest BCUT2D eigenvalue weighted by molar-refractivity contribution is 0.399. The lowest BCUT2D eigenvalue weighted by atomic mass is 9.92. The zero-order chi connectivity index (χ0) is 12.6. The van der Waals surface area contributed by atoms with E-state index in [4.69, 9.17) is 10.5 Å². The molecule has 2 N–H and O–H groups in total. The summed E-state index contributed by atoms with van der Waals surface area (Å²) in [6.45, 7) is 4.46. The number of methoxy groups -OCH3 is 1. The van der Waals surface area contributed by atoms with E-state index in [0.29, 0.717) is 11.2 Å². The van der Waals surface area contributed by atoms with Crippen LogP contribution in [-0.4, -0.2) is 12.4 Å². The van der Waals surface area contributed by atoms with Crippen LogP contribution in [0.4, 0.5) is 0 Å². The number of hydrogen-bond acceptors (Lipinski definition) is 3. The molecule has 2 unspecified atom stereocenters. The van der Waals surface area contributed by atoms with Crippen LogP contribution in [0.25, 0.3) is 0 Å². The van der Waals surface area contributed by atoms with Crippen molar-refractivity contribution in [3.05, 3.63) is 27.7 Å². The number of benzene rings is 1. The maximum Gasteiger partial charge on any atom is 0.124 e. The molecule has 94 valence electrons. The van der Waals surface area contributed by atoms with Crippen LogP contribution in [0.5, 0.6) is 5.75 Å². The van der Waals surface area contributed by atoms with Gasteiger partial charge in [0, 0.05) is 27.1 Å². The highest BCUT2D eigenvalue weighted by molar-refractivity contribution is 9.10. The van der Waals surface area contributed by atoms with Crippen LogP contribution in [0, 0.1) is 5.92 Å². The summed E-state index contributed by atoms with van der Waals surface area (Å²) in [5, 5.41) is 0.464. The van der Waals surface area contributed by atoms with Crippen molar-refractivity contribution in [1.29, 1.82) is 0 Å². The number of hydrogen-bond donors (Lipinski definition) is 1. The zero-order valence-electron chi connectivity index (χ0n) is 10.4. The number of ether oxygens (including phenoxy) is 1. The molecule has 4 heteroatoms. The molecule has 1 aromatic rings. The van der Waals surface area contributed by atoms with Crippen LogP contribution in [0.3, 0.4) is 0 Å². The Labute approximate surface area is 115 Å². The van der Waals surface area contributed by atoms with E-state index in [9.17, 15) is 0 Å². The molecule has 0 saturated heterocycles. The van der Waals surface area contributed by atoms with Gasteiger partial charge in [0.15, 0.2) is 0 Å². The summed E-state index contributed by atoms with van der Waals surface area (Å²) < 4.78 is 6.59. The monoisotopic (exact) mass is 315 g/mol. The van der Waals surface area contributed by atoms with Crippen LogP contribution < -0.4 is 10.5 Å². The van der Waals surface area contributed by atoms with Crippen molar-refractivity contribution < 1.29 is 4.74 Å². The quantitative estimate of drug-likeness (QED) is 0.903. The summed E-state index contributed by atoms with van der Waals surface area (Å²) in [4.78, 5) is 0. The molecular formula is C13H18BrNOS. The lowest BCUT2D eigenvalue weighted by Gasteiger charge is -2.34. The number of nitrogens with two attached hydrogens (primary N) is 1. The van der Waals surface area contributed by atoms with Crippen molar-refractivity contribution in [2.75, 3.05) is 7.11 Å². The van der Waals surface area contributed by atoms with Gasteiger partial charge in [0.2, 0.25) is 0 Å². The van der Waals surface area contributed by atoms with E-state index in [0.717, 1.165) is 16.0 Å². The first-order chi connectivity index (χ1) is 8.06. The van der Waals surface area contributed by atoms with Crippen molar-refractivity contribution in [2.24, 2.45) is 11.7 Å². The largest absolute Gasteiger partial charge is 0.496 e. The molecule has 0 aliphatic carbocycles. The summed E-state index contributed by atoms with van der Waals surface area (Å²) in [6, 6.07) is 4.09. The average Bonchev–Trinajstić information content (AvgIpc) is 2.30. The molecule has 0 fully saturated rings. The molecule has 2 nitrogen and oxygen atoms in total. The van der Waals surface area contributed by atoms with E-state index in [1.165, 1.54) is 11.1 Å². The van der Waals surface area contributed by atoms with Gasteiger partial charge in [-0.25, -0.2) is 0 Å². The van der Waals surface area contributed by atoms with E-state index < -0.39 is 0 Å². The fraction of sp³-hybridized carbons (Fsp3) is 0.538. The minimum Gasteiger partial charge on any atom is -0.496 e. The van der Waals surface area contributed by atoms with Gasteiger partial charge in [-0.1, -0.05) is 29.8 Å². The summed E-state index contributed by atoms with van der Waals surface area (Å²) in [6.07, 6.45) is 0. The van der Waals surface area contributed by atoms with E-state index in [1.807, 2.05) is 23.9 Å². The minimum atomic E-state index is 0.0520. The highest BCUT2D eigenvalue weighted by Gasteiger charge is 2.32. The molecule has 0 amide bonds. The molecule has 2 rings (SSSR count). The predicted molar refractivity (Wildman–Crippen MR) is 77.5 cm³/mol. The average molecular weight is 316 g/mol. The number of fused-ring (bicyclic) bond motifs is 1. The standard InChI is InChI=1S/C13H18BrNOS/c1-7(2)13-12(15)11-8(6-17-13)9(14)4-5-10(11)16-3/h4-5,7,12-13H,6,15H2,1-3H3. The summed E-state index contributed by atoms with van der Waals surface area (Å²) in [7, 11) is 1.71. The third kappa shape index (κ3) is 2.35. The first-order valence-corrected chi connectivity index (χ1v) is 7.63. The Bertz CT molecular complexity index is 422. The van der Waals surface area contributed by atoms with Crippen LogP contribution in [0.15, 0.2) is 16.6 Å². The van der Waals surface area contributed by atoms with Crippen molar-refractivity contribution in [3.63, 3.8) is 0 Å². The lowest BCUT2D eigenvalue weighted by Crippen LogP contribution is -2.32. The first-order valence-electron chi connectivity index (χ1n) is 5.78. The van der Waals surface area contributed by atoms with Gasteiger partial charge >= 0.3 is 0 Å². The van der Waals surface area contributed by atoms with Gasteiger partial charge in [-0.3, -0.25) is 0 Å². The topological polar surface area (TPSA) is 35.2 Å². The van der Waals surface area contributed by atoms with Gasteiger partial charge in [0.25, 0.3) is 0 Å². The van der Waals surface area contributed by atoms with Crippen LogP contribution in [0.1, 0.15) is 31.0 Å². The Morgan fingerprint density at radius 2 is 2.18 bits per heavy atom. The second-order valence-electron chi connectivity index (χ2n) is 4.69. The van der Waals surface area contributed by atoms with Gasteiger partial charge in [-0.05, 0) is 23.6 Å². The second kappa shape index (κ2) is 5.21. The van der Waals surface area contributed by atoms with Gasteiger partial charge < -0.3 is 10.5 Å². The van der Waals surface area contributed by atoms with Gasteiger partial charge in [-0.15, -0.1) is 0 Å². The summed E-state index contributed by atoms with van der Waals surface area (Å²) in [5.41, 5.74) is 8.89. The molecule has 0 saturated carbocycles. The number of rotatable bonds is 2. The van der Waals surface area contributed by atoms with Gasteiger partial charge in [0.05, 0.1) is 7.11 Å². The normalized spacial score (nSPS) is 23.6. The zero-order valence-corrected chi connectivity index (χ0v) is 12.8. The third-order valence-electron chi connectivity index (χ3n) is 3.24. The third-order valence-corrected chi connectivity index (χ3v) is 5.67. The van der Waals surface area contributed by atoms with E-state index in [1.54, 1.807) is 7.11 Å². The maximum absolute atomic E-state index is 6.42. The molecular weight excluding hydrogens is 298 g/mol. The Hall–Kier alpha value is -0.190. The number of thioether (sulfide) groups is 1. The second-order valence-corrected chi connectivity index (χ2v) is 6.71. The fourth-order valence-corrected chi connectivity index (χ4v) is 4.43. The predicted octanol–water partition coefficient (Wildman–Crippen LogP) is 3.73. The van der Waals surface area contributed by atoms with E-state index in [2.05, 4.69) is 29.8 Å². The smallest absolute Gasteiger partial charge is 0.124 e. The highest BCUT2D eigenvalue weighted by atomic mass is 79.9. The summed E-state index contributed by atoms with van der Waals surface area (Å²) in [5.74, 6) is 2.50. The van der Waals surface area contributed by atoms with Crippen LogP contribution >= 0.6 is 27.7 Å². The molecule has 0 bridgehead atoms. The molecule has 17 heavy (non-hydrogen) atoms. The van der Waals surface area contributed by atoms with Crippen molar-refractivity contribution in [3.8, 4) is 5.75 Å². The molecule has 1 heterocycles. The molecule has 0 radical (unpaired) electrons. The Morgan fingerprint density at radius 1 is 1.47 bits per heavy atom. The van der Waals surface area contributed by atoms with Crippen LogP contribution in [-0.2, 0) is 5.75 Å². The van der Waals surface area contributed by atoms with E-state index in [-0.39, 0.29) is 6.04 Å². The van der Waals surface area contributed by atoms with Crippen molar-refractivity contribution in [1.82, 2.24) is 0 Å². The van der Waals surface area contributed by atoms with Crippen molar-refractivity contribution in [2.45, 2.75) is 30.9 Å². The van der Waals surface area contributed by atoms with E-state index >= 15 is 0 Å². The summed E-state index contributed by atoms with van der Waals surface area (Å²) >= 11 is 5.55. The van der Waals surface area contributed by atoms with Crippen LogP contribution in [0.2, 0.25) is 0 Å². The molecule has 2 atom stereocenters. The van der Waals surface area contributed by atoms with Gasteiger partial charge in [0.1, 0.15) is 5.75 Å². The molecule has 0 spiro atoms. The Kier molecular flexibility index (Phi) is 4.06. The SMILES string of the molecule is COc1ccc(Br)c2c1C(N)C(C(C)C)SC2.